The number of methoxy groups -OCH3 is 4. The summed E-state index contributed by atoms with van der Waals surface area (Å²) in [4.78, 5) is 0. The molecule has 0 aliphatic rings. The van der Waals surface area contributed by atoms with Crippen molar-refractivity contribution in [3.05, 3.63) is 52.6 Å². The summed E-state index contributed by atoms with van der Waals surface area (Å²) >= 11 is 0. The summed E-state index contributed by atoms with van der Waals surface area (Å²) < 4.78 is 34.2. The van der Waals surface area contributed by atoms with E-state index in [-0.39, 0.29) is 10.8 Å². The monoisotopic (exact) mass is 516 g/mol. The molecular weight excluding hydrogens is 468 g/mol. The van der Waals surface area contributed by atoms with E-state index in [1.807, 2.05) is 6.07 Å². The quantitative estimate of drug-likeness (QED) is 0.248. The van der Waals surface area contributed by atoms with Gasteiger partial charge >= 0.3 is 0 Å². The Labute approximate surface area is 224 Å². The Bertz CT molecular complexity index is 954. The third kappa shape index (κ3) is 9.20. The van der Waals surface area contributed by atoms with Crippen LogP contribution in [-0.2, 0) is 34.0 Å². The Morgan fingerprint density at radius 1 is 0.676 bits per heavy atom. The van der Waals surface area contributed by atoms with E-state index >= 15 is 0 Å². The molecule has 0 spiro atoms. The number of benzene rings is 2. The largest absolute Gasteiger partial charge is 0.496 e. The van der Waals surface area contributed by atoms with Gasteiger partial charge in [-0.25, -0.2) is 0 Å². The van der Waals surface area contributed by atoms with E-state index in [9.17, 15) is 0 Å². The van der Waals surface area contributed by atoms with Crippen LogP contribution >= 0.6 is 0 Å². The molecule has 0 heterocycles. The Balaban J connectivity index is 2.14. The minimum Gasteiger partial charge on any atom is -0.496 e. The Kier molecular flexibility index (Phi) is 11.7. The Morgan fingerprint density at radius 2 is 1.22 bits per heavy atom. The fourth-order valence-corrected chi connectivity index (χ4v) is 4.70. The highest BCUT2D eigenvalue weighted by Gasteiger charge is 2.30. The average molecular weight is 517 g/mol. The van der Waals surface area contributed by atoms with Crippen LogP contribution in [0, 0.1) is 10.8 Å². The molecule has 37 heavy (non-hydrogen) atoms. The molecule has 6 heteroatoms. The van der Waals surface area contributed by atoms with Crippen molar-refractivity contribution in [2.24, 2.45) is 10.8 Å². The van der Waals surface area contributed by atoms with Crippen LogP contribution in [0.4, 0.5) is 0 Å². The van der Waals surface area contributed by atoms with Crippen molar-refractivity contribution >= 4 is 0 Å². The van der Waals surface area contributed by atoms with Crippen molar-refractivity contribution in [1.82, 2.24) is 0 Å². The lowest BCUT2D eigenvalue weighted by Crippen LogP contribution is -2.23. The summed E-state index contributed by atoms with van der Waals surface area (Å²) in [5.41, 5.74) is 4.47. The third-order valence-electron chi connectivity index (χ3n) is 6.32. The summed E-state index contributed by atoms with van der Waals surface area (Å²) in [7, 11) is 6.62. The smallest absolute Gasteiger partial charge is 0.134 e. The lowest BCUT2D eigenvalue weighted by molar-refractivity contribution is 0.157. The Hall–Kier alpha value is -2.28. The molecule has 1 atom stereocenters. The molecule has 0 aliphatic carbocycles. The first-order chi connectivity index (χ1) is 17.4. The van der Waals surface area contributed by atoms with Crippen molar-refractivity contribution < 1.29 is 28.4 Å². The van der Waals surface area contributed by atoms with E-state index in [0.717, 1.165) is 28.9 Å². The molecule has 0 bridgehead atoms. The van der Waals surface area contributed by atoms with E-state index in [2.05, 4.69) is 65.8 Å². The first-order valence-corrected chi connectivity index (χ1v) is 13.0. The third-order valence-corrected chi connectivity index (χ3v) is 6.32. The first kappa shape index (κ1) is 30.9. The van der Waals surface area contributed by atoms with Crippen molar-refractivity contribution in [2.75, 3.05) is 41.7 Å². The van der Waals surface area contributed by atoms with Crippen LogP contribution in [0.1, 0.15) is 76.1 Å². The minimum absolute atomic E-state index is 0.184. The molecular formula is C31H48O6. The summed E-state index contributed by atoms with van der Waals surface area (Å²) in [6.07, 6.45) is 1.13. The zero-order valence-corrected chi connectivity index (χ0v) is 24.7. The summed E-state index contributed by atoms with van der Waals surface area (Å²) in [6, 6.07) is 10.5. The molecule has 0 radical (unpaired) electrons. The van der Waals surface area contributed by atoms with Gasteiger partial charge < -0.3 is 28.4 Å². The lowest BCUT2D eigenvalue weighted by Gasteiger charge is -2.36. The molecule has 2 rings (SSSR count). The molecule has 208 valence electrons. The van der Waals surface area contributed by atoms with Gasteiger partial charge in [0.15, 0.2) is 0 Å². The van der Waals surface area contributed by atoms with Crippen molar-refractivity contribution in [2.45, 2.75) is 73.7 Å². The second-order valence-corrected chi connectivity index (χ2v) is 11.8. The average Bonchev–Trinajstić information content (AvgIpc) is 2.81. The Morgan fingerprint density at radius 3 is 1.70 bits per heavy atom. The highest BCUT2D eigenvalue weighted by molar-refractivity contribution is 5.54. The van der Waals surface area contributed by atoms with E-state index < -0.39 is 0 Å². The summed E-state index contributed by atoms with van der Waals surface area (Å²) in [6.45, 7) is 15.8. The molecule has 1 unspecified atom stereocenters. The molecule has 0 N–H and O–H groups in total. The summed E-state index contributed by atoms with van der Waals surface area (Å²) in [5.74, 6) is 2.71. The van der Waals surface area contributed by atoms with Crippen molar-refractivity contribution in [3.8, 4) is 17.2 Å². The molecule has 0 aromatic heterocycles. The number of ether oxygens (including phenoxy) is 6. The fraction of sp³-hybridized carbons (Fsp3) is 0.613. The SMILES string of the molecule is COCc1cc(COC)c(OCCOc2ccc(C(CC(C)(C)C)C(C)(C)C)cc2)c(COC)c1OC. The van der Waals surface area contributed by atoms with E-state index in [4.69, 9.17) is 28.4 Å². The predicted molar refractivity (Wildman–Crippen MR) is 149 cm³/mol. The zero-order chi connectivity index (χ0) is 27.6. The minimum atomic E-state index is 0.184. The van der Waals surface area contributed by atoms with Gasteiger partial charge in [-0.15, -0.1) is 0 Å². The van der Waals surface area contributed by atoms with Gasteiger partial charge in [-0.2, -0.15) is 0 Å². The molecule has 0 saturated carbocycles. The topological polar surface area (TPSA) is 55.4 Å². The van der Waals surface area contributed by atoms with Crippen LogP contribution in [0.3, 0.4) is 0 Å². The van der Waals surface area contributed by atoms with Crippen LogP contribution in [0.5, 0.6) is 17.2 Å². The van der Waals surface area contributed by atoms with Crippen LogP contribution in [0.2, 0.25) is 0 Å². The van der Waals surface area contributed by atoms with Crippen molar-refractivity contribution in [1.29, 1.82) is 0 Å². The van der Waals surface area contributed by atoms with Gasteiger partial charge in [0.05, 0.1) is 32.5 Å². The van der Waals surface area contributed by atoms with E-state index in [1.165, 1.54) is 5.56 Å². The molecule has 0 fully saturated rings. The van der Waals surface area contributed by atoms with Crippen LogP contribution in [0.15, 0.2) is 30.3 Å². The number of hydrogen-bond donors (Lipinski definition) is 0. The van der Waals surface area contributed by atoms with Gasteiger partial charge in [-0.05, 0) is 46.9 Å². The van der Waals surface area contributed by atoms with Crippen LogP contribution in [-0.4, -0.2) is 41.7 Å². The maximum Gasteiger partial charge on any atom is 0.134 e. The van der Waals surface area contributed by atoms with Gasteiger partial charge in [0.2, 0.25) is 0 Å². The molecule has 6 nitrogen and oxygen atoms in total. The van der Waals surface area contributed by atoms with Gasteiger partial charge in [0.25, 0.3) is 0 Å². The highest BCUT2D eigenvalue weighted by atomic mass is 16.5. The second-order valence-electron chi connectivity index (χ2n) is 11.8. The maximum atomic E-state index is 6.23. The zero-order valence-electron chi connectivity index (χ0n) is 24.7. The van der Waals surface area contributed by atoms with E-state index in [0.29, 0.717) is 50.5 Å². The number of hydrogen-bond acceptors (Lipinski definition) is 6. The fourth-order valence-electron chi connectivity index (χ4n) is 4.70. The predicted octanol–water partition coefficient (Wildman–Crippen LogP) is 7.16. The van der Waals surface area contributed by atoms with Gasteiger partial charge in [0, 0.05) is 32.5 Å². The normalized spacial score (nSPS) is 12.9. The van der Waals surface area contributed by atoms with Gasteiger partial charge in [0.1, 0.15) is 30.5 Å². The van der Waals surface area contributed by atoms with Gasteiger partial charge in [-0.3, -0.25) is 0 Å². The van der Waals surface area contributed by atoms with E-state index in [1.54, 1.807) is 28.4 Å². The lowest BCUT2D eigenvalue weighted by atomic mass is 9.69. The molecule has 0 aliphatic heterocycles. The molecule has 0 amide bonds. The second kappa shape index (κ2) is 14.0. The first-order valence-electron chi connectivity index (χ1n) is 13.0. The molecule has 0 saturated heterocycles. The standard InChI is InChI=1S/C31H48O6/c1-30(2,3)18-27(31(4,5)6)22-11-13-25(14-12-22)36-15-16-37-29-24(20-33-8)17-23(19-32-7)28(35-10)26(29)21-34-9/h11-14,17,27H,15-16,18-21H2,1-10H3. The number of rotatable bonds is 14. The molecule has 2 aromatic rings. The highest BCUT2D eigenvalue weighted by Crippen LogP contribution is 2.43. The summed E-state index contributed by atoms with van der Waals surface area (Å²) in [5, 5.41) is 0. The van der Waals surface area contributed by atoms with Gasteiger partial charge in [-0.1, -0.05) is 53.7 Å². The van der Waals surface area contributed by atoms with Crippen LogP contribution < -0.4 is 14.2 Å². The molecule has 2 aromatic carbocycles. The van der Waals surface area contributed by atoms with Crippen molar-refractivity contribution in [3.63, 3.8) is 0 Å². The van der Waals surface area contributed by atoms with Crippen LogP contribution in [0.25, 0.3) is 0 Å². The maximum absolute atomic E-state index is 6.23.